The van der Waals surface area contributed by atoms with Crippen molar-refractivity contribution < 1.29 is 14.0 Å². The summed E-state index contributed by atoms with van der Waals surface area (Å²) in [5, 5.41) is 2.71. The minimum absolute atomic E-state index is 0.255. The van der Waals surface area contributed by atoms with Gasteiger partial charge in [0.15, 0.2) is 5.54 Å². The summed E-state index contributed by atoms with van der Waals surface area (Å²) >= 11 is 5.61. The Morgan fingerprint density at radius 1 is 1.30 bits per heavy atom. The zero-order valence-electron chi connectivity index (χ0n) is 11.5. The molecule has 1 aliphatic rings. The van der Waals surface area contributed by atoms with Gasteiger partial charge in [-0.15, -0.1) is 11.6 Å². The van der Waals surface area contributed by atoms with Crippen LogP contribution in [0.2, 0.25) is 0 Å². The monoisotopic (exact) mass is 298 g/mol. The minimum atomic E-state index is -1.09. The Hall–Kier alpha value is -1.49. The van der Waals surface area contributed by atoms with Gasteiger partial charge in [0.1, 0.15) is 5.76 Å². The molecule has 0 radical (unpaired) electrons. The summed E-state index contributed by atoms with van der Waals surface area (Å²) in [7, 11) is 0. The van der Waals surface area contributed by atoms with E-state index in [1.165, 1.54) is 11.2 Å². The maximum atomic E-state index is 12.4. The Balaban J connectivity index is 1.95. The molecule has 1 aliphatic heterocycles. The second kappa shape index (κ2) is 6.31. The molecule has 3 amide bonds. The van der Waals surface area contributed by atoms with Crippen molar-refractivity contribution in [3.8, 4) is 0 Å². The number of rotatable bonds is 7. The molecule has 1 N–H and O–H groups in total. The predicted molar refractivity (Wildman–Crippen MR) is 75.5 cm³/mol. The van der Waals surface area contributed by atoms with Gasteiger partial charge in [0, 0.05) is 12.4 Å². The Labute approximate surface area is 123 Å². The third kappa shape index (κ3) is 2.82. The Kier molecular flexibility index (Phi) is 4.70. The maximum Gasteiger partial charge on any atom is 0.325 e. The molecule has 1 atom stereocenters. The molecule has 0 saturated carbocycles. The number of nitrogens with one attached hydrogen (secondary N) is 1. The molecule has 1 unspecified atom stereocenters. The number of amides is 3. The molecule has 0 bridgehead atoms. The first kappa shape index (κ1) is 14.9. The molecule has 6 heteroatoms. The van der Waals surface area contributed by atoms with Crippen LogP contribution in [0.5, 0.6) is 0 Å². The molecule has 1 saturated heterocycles. The van der Waals surface area contributed by atoms with E-state index in [0.717, 1.165) is 25.7 Å². The summed E-state index contributed by atoms with van der Waals surface area (Å²) in [5.74, 6) is 0.856. The third-order valence-corrected chi connectivity index (χ3v) is 3.82. The van der Waals surface area contributed by atoms with Crippen LogP contribution in [0.4, 0.5) is 4.79 Å². The first-order chi connectivity index (χ1) is 9.59. The lowest BCUT2D eigenvalue weighted by molar-refractivity contribution is -0.131. The summed E-state index contributed by atoms with van der Waals surface area (Å²) in [5.41, 5.74) is -1.09. The second-order valence-electron chi connectivity index (χ2n) is 5.09. The number of imide groups is 1. The maximum absolute atomic E-state index is 12.4. The van der Waals surface area contributed by atoms with Crippen LogP contribution in [0.3, 0.4) is 0 Å². The average molecular weight is 299 g/mol. The lowest BCUT2D eigenvalue weighted by atomic mass is 9.99. The van der Waals surface area contributed by atoms with E-state index >= 15 is 0 Å². The van der Waals surface area contributed by atoms with Crippen LogP contribution in [-0.2, 0) is 10.3 Å². The van der Waals surface area contributed by atoms with Crippen molar-refractivity contribution in [2.75, 3.05) is 12.4 Å². The van der Waals surface area contributed by atoms with Gasteiger partial charge < -0.3 is 9.73 Å². The summed E-state index contributed by atoms with van der Waals surface area (Å²) in [6, 6.07) is 3.04. The van der Waals surface area contributed by atoms with Gasteiger partial charge in [-0.1, -0.05) is 12.8 Å². The normalized spacial score (nSPS) is 22.4. The van der Waals surface area contributed by atoms with Crippen molar-refractivity contribution in [3.63, 3.8) is 0 Å². The van der Waals surface area contributed by atoms with Gasteiger partial charge in [-0.05, 0) is 31.9 Å². The van der Waals surface area contributed by atoms with Crippen molar-refractivity contribution >= 4 is 23.5 Å². The van der Waals surface area contributed by atoms with Crippen LogP contribution in [-0.4, -0.2) is 29.3 Å². The molecule has 0 spiro atoms. The number of carbonyl (C=O) groups is 2. The molecule has 5 nitrogen and oxygen atoms in total. The number of furan rings is 1. The molecule has 2 heterocycles. The first-order valence-corrected chi connectivity index (χ1v) is 7.37. The number of carbonyl (C=O) groups excluding carboxylic acids is 2. The van der Waals surface area contributed by atoms with Crippen molar-refractivity contribution in [2.24, 2.45) is 0 Å². The molecule has 0 aliphatic carbocycles. The van der Waals surface area contributed by atoms with Gasteiger partial charge in [0.25, 0.3) is 5.91 Å². The highest BCUT2D eigenvalue weighted by molar-refractivity contribution is 6.17. The summed E-state index contributed by atoms with van der Waals surface area (Å²) < 4.78 is 5.27. The standard InChI is InChI=1S/C14H19ClN2O3/c1-14(11-7-6-10-20-11)12(18)17(13(19)16-14)9-5-3-2-4-8-15/h6-7,10H,2-5,8-9H2,1H3,(H,16,19). The van der Waals surface area contributed by atoms with E-state index in [1.807, 2.05) is 0 Å². The topological polar surface area (TPSA) is 62.6 Å². The van der Waals surface area contributed by atoms with Crippen LogP contribution in [0.15, 0.2) is 22.8 Å². The summed E-state index contributed by atoms with van der Waals surface area (Å²) in [4.78, 5) is 25.6. The average Bonchev–Trinajstić information content (AvgIpc) is 3.02. The highest BCUT2D eigenvalue weighted by Crippen LogP contribution is 2.29. The van der Waals surface area contributed by atoms with Gasteiger partial charge in [-0.2, -0.15) is 0 Å². The Bertz CT molecular complexity index is 475. The minimum Gasteiger partial charge on any atom is -0.466 e. The highest BCUT2D eigenvalue weighted by atomic mass is 35.5. The highest BCUT2D eigenvalue weighted by Gasteiger charge is 2.50. The number of halogens is 1. The van der Waals surface area contributed by atoms with E-state index < -0.39 is 5.54 Å². The quantitative estimate of drug-likeness (QED) is 0.478. The van der Waals surface area contributed by atoms with Gasteiger partial charge in [-0.3, -0.25) is 9.69 Å². The molecule has 110 valence electrons. The second-order valence-corrected chi connectivity index (χ2v) is 5.47. The molecule has 0 aromatic carbocycles. The van der Waals surface area contributed by atoms with E-state index in [2.05, 4.69) is 5.32 Å². The van der Waals surface area contributed by atoms with Crippen molar-refractivity contribution in [3.05, 3.63) is 24.2 Å². The summed E-state index contributed by atoms with van der Waals surface area (Å²) in [6.07, 6.45) is 5.23. The number of unbranched alkanes of at least 4 members (excludes halogenated alkanes) is 3. The third-order valence-electron chi connectivity index (χ3n) is 3.55. The van der Waals surface area contributed by atoms with Crippen molar-refractivity contribution in [2.45, 2.75) is 38.1 Å². The number of urea groups is 1. The molecule has 1 fully saturated rings. The first-order valence-electron chi connectivity index (χ1n) is 6.83. The van der Waals surface area contributed by atoms with E-state index in [9.17, 15) is 9.59 Å². The van der Waals surface area contributed by atoms with Crippen LogP contribution in [0.1, 0.15) is 38.4 Å². The summed E-state index contributed by atoms with van der Waals surface area (Å²) in [6.45, 7) is 2.10. The van der Waals surface area contributed by atoms with Crippen molar-refractivity contribution in [1.29, 1.82) is 0 Å². The van der Waals surface area contributed by atoms with Crippen LogP contribution >= 0.6 is 11.6 Å². The van der Waals surface area contributed by atoms with Gasteiger partial charge >= 0.3 is 6.03 Å². The Morgan fingerprint density at radius 2 is 2.05 bits per heavy atom. The van der Waals surface area contributed by atoms with Crippen molar-refractivity contribution in [1.82, 2.24) is 10.2 Å². The fourth-order valence-electron chi connectivity index (χ4n) is 2.35. The zero-order valence-corrected chi connectivity index (χ0v) is 12.3. The van der Waals surface area contributed by atoms with Gasteiger partial charge in [0.05, 0.1) is 6.26 Å². The lowest BCUT2D eigenvalue weighted by Crippen LogP contribution is -2.40. The van der Waals surface area contributed by atoms with E-state index in [4.69, 9.17) is 16.0 Å². The van der Waals surface area contributed by atoms with Crippen LogP contribution in [0, 0.1) is 0 Å². The predicted octanol–water partition coefficient (Wildman–Crippen LogP) is 2.85. The molecule has 2 rings (SSSR count). The number of hydrogen-bond donors (Lipinski definition) is 1. The number of alkyl halides is 1. The molecule has 20 heavy (non-hydrogen) atoms. The van der Waals surface area contributed by atoms with Gasteiger partial charge in [-0.25, -0.2) is 4.79 Å². The fourth-order valence-corrected chi connectivity index (χ4v) is 2.54. The number of nitrogens with zero attached hydrogens (tertiary/aromatic N) is 1. The fraction of sp³-hybridized carbons (Fsp3) is 0.571. The number of hydrogen-bond acceptors (Lipinski definition) is 3. The Morgan fingerprint density at radius 3 is 2.70 bits per heavy atom. The van der Waals surface area contributed by atoms with Crippen LogP contribution < -0.4 is 5.32 Å². The molecular formula is C14H19ClN2O3. The molecule has 1 aromatic rings. The SMILES string of the molecule is CC1(c2ccco2)NC(=O)N(CCCCCCCl)C1=O. The van der Waals surface area contributed by atoms with E-state index in [-0.39, 0.29) is 11.9 Å². The molecule has 1 aromatic heterocycles. The largest absolute Gasteiger partial charge is 0.466 e. The lowest BCUT2D eigenvalue weighted by Gasteiger charge is -2.18. The smallest absolute Gasteiger partial charge is 0.325 e. The van der Waals surface area contributed by atoms with E-state index in [1.54, 1.807) is 19.1 Å². The molecular weight excluding hydrogens is 280 g/mol. The zero-order chi connectivity index (χ0) is 14.6. The van der Waals surface area contributed by atoms with Crippen LogP contribution in [0.25, 0.3) is 0 Å². The van der Waals surface area contributed by atoms with E-state index in [0.29, 0.717) is 18.2 Å². The van der Waals surface area contributed by atoms with Gasteiger partial charge in [0.2, 0.25) is 0 Å².